The van der Waals surface area contributed by atoms with Gasteiger partial charge < -0.3 is 9.64 Å². The molecule has 0 amide bonds. The molecule has 4 nitrogen and oxygen atoms in total. The van der Waals surface area contributed by atoms with Crippen LogP contribution in [-0.4, -0.2) is 27.8 Å². The Kier molecular flexibility index (Phi) is 7.96. The first kappa shape index (κ1) is 23.8. The Balaban J connectivity index is 2.23. The third-order valence-electron chi connectivity index (χ3n) is 4.87. The Morgan fingerprint density at radius 2 is 1.87 bits per heavy atom. The molecule has 0 saturated carbocycles. The summed E-state index contributed by atoms with van der Waals surface area (Å²) in [6.45, 7) is 8.59. The minimum absolute atomic E-state index is 0.00954. The highest BCUT2D eigenvalue weighted by Crippen LogP contribution is 2.28. The van der Waals surface area contributed by atoms with Crippen LogP contribution in [0, 0.1) is 6.92 Å². The zero-order valence-electron chi connectivity index (χ0n) is 18.3. The van der Waals surface area contributed by atoms with Crippen molar-refractivity contribution in [2.75, 3.05) is 7.05 Å². The van der Waals surface area contributed by atoms with Gasteiger partial charge in [-0.1, -0.05) is 31.2 Å². The summed E-state index contributed by atoms with van der Waals surface area (Å²) in [6, 6.07) is 7.85. The molecule has 0 spiro atoms. The van der Waals surface area contributed by atoms with Gasteiger partial charge in [0.1, 0.15) is 6.61 Å². The fourth-order valence-corrected chi connectivity index (χ4v) is 2.98. The average molecular weight is 436 g/mol. The lowest BCUT2D eigenvalue weighted by molar-refractivity contribution is 0.0622. The molecule has 30 heavy (non-hydrogen) atoms. The van der Waals surface area contributed by atoms with Crippen molar-refractivity contribution in [3.63, 3.8) is 0 Å². The minimum atomic E-state index is -2.86. The highest BCUT2D eigenvalue weighted by atomic mass is 35.5. The molecule has 0 aliphatic rings. The SMILES string of the molecule is CCC(C)=C(c1ccc(COc2nc(Cl)ncc2C)cc1)N(C)/C=C(\C)C(C)(F)F. The first-order valence-electron chi connectivity index (χ1n) is 9.73. The zero-order chi connectivity index (χ0) is 22.5. The Labute approximate surface area is 182 Å². The summed E-state index contributed by atoms with van der Waals surface area (Å²) in [5.74, 6) is -2.41. The van der Waals surface area contributed by atoms with Crippen LogP contribution in [0.4, 0.5) is 8.78 Å². The van der Waals surface area contributed by atoms with Gasteiger partial charge in [0.25, 0.3) is 5.92 Å². The lowest BCUT2D eigenvalue weighted by atomic mass is 10.0. The van der Waals surface area contributed by atoms with E-state index in [1.165, 1.54) is 13.1 Å². The molecule has 1 aromatic carbocycles. The van der Waals surface area contributed by atoms with E-state index in [1.807, 2.05) is 45.0 Å². The largest absolute Gasteiger partial charge is 0.472 e. The number of benzene rings is 1. The summed E-state index contributed by atoms with van der Waals surface area (Å²) in [5.41, 5.74) is 4.73. The second-order valence-corrected chi connectivity index (χ2v) is 7.74. The topological polar surface area (TPSA) is 38.3 Å². The van der Waals surface area contributed by atoms with E-state index in [1.54, 1.807) is 18.1 Å². The van der Waals surface area contributed by atoms with Gasteiger partial charge in [-0.15, -0.1) is 0 Å². The van der Waals surface area contributed by atoms with Gasteiger partial charge in [0.15, 0.2) is 0 Å². The van der Waals surface area contributed by atoms with Crippen LogP contribution in [0.1, 0.15) is 50.8 Å². The van der Waals surface area contributed by atoms with Crippen LogP contribution < -0.4 is 4.74 Å². The molecule has 0 unspecified atom stereocenters. The van der Waals surface area contributed by atoms with Crippen molar-refractivity contribution in [2.24, 2.45) is 0 Å². The molecule has 1 aromatic heterocycles. The van der Waals surface area contributed by atoms with Gasteiger partial charge in [0.05, 0.1) is 0 Å². The van der Waals surface area contributed by atoms with Crippen molar-refractivity contribution in [1.82, 2.24) is 14.9 Å². The Morgan fingerprint density at radius 1 is 1.23 bits per heavy atom. The fourth-order valence-electron chi connectivity index (χ4n) is 2.85. The van der Waals surface area contributed by atoms with Gasteiger partial charge in [-0.05, 0) is 55.5 Å². The molecular formula is C23H28ClF2N3O. The monoisotopic (exact) mass is 435 g/mol. The number of alkyl halides is 2. The second-order valence-electron chi connectivity index (χ2n) is 7.41. The maximum Gasteiger partial charge on any atom is 0.268 e. The van der Waals surface area contributed by atoms with Crippen LogP contribution >= 0.6 is 11.6 Å². The standard InChI is InChI=1S/C23H28ClF2N3O/c1-7-15(2)20(29(6)13-17(4)23(5,25)26)19-10-8-18(9-11-19)14-30-21-16(3)12-27-22(24)28-21/h8-13H,7,14H2,1-6H3/b17-13+,20-15?. The molecule has 0 fully saturated rings. The quantitative estimate of drug-likeness (QED) is 0.435. The first-order chi connectivity index (χ1) is 14.0. The fraction of sp³-hybridized carbons (Fsp3) is 0.391. The van der Waals surface area contributed by atoms with Gasteiger partial charge in [0, 0.05) is 43.2 Å². The number of ether oxygens (including phenoxy) is 1. The number of aromatic nitrogens is 2. The van der Waals surface area contributed by atoms with E-state index in [4.69, 9.17) is 16.3 Å². The van der Waals surface area contributed by atoms with Crippen LogP contribution in [0.3, 0.4) is 0 Å². The van der Waals surface area contributed by atoms with Gasteiger partial charge in [-0.2, -0.15) is 4.98 Å². The van der Waals surface area contributed by atoms with Crippen LogP contribution in [-0.2, 0) is 6.61 Å². The highest BCUT2D eigenvalue weighted by Gasteiger charge is 2.24. The number of allylic oxidation sites excluding steroid dienone is 2. The molecular weight excluding hydrogens is 408 g/mol. The Morgan fingerprint density at radius 3 is 2.43 bits per heavy atom. The highest BCUT2D eigenvalue weighted by molar-refractivity contribution is 6.28. The summed E-state index contributed by atoms with van der Waals surface area (Å²) < 4.78 is 33.0. The third kappa shape index (κ3) is 6.26. The number of rotatable bonds is 8. The van der Waals surface area contributed by atoms with Crippen LogP contribution in [0.15, 0.2) is 47.8 Å². The lowest BCUT2D eigenvalue weighted by Crippen LogP contribution is -2.18. The summed E-state index contributed by atoms with van der Waals surface area (Å²) in [5, 5.41) is 0.139. The van der Waals surface area contributed by atoms with E-state index >= 15 is 0 Å². The van der Waals surface area contributed by atoms with Crippen molar-refractivity contribution in [3.8, 4) is 5.88 Å². The van der Waals surface area contributed by atoms with E-state index in [0.29, 0.717) is 12.5 Å². The first-order valence-corrected chi connectivity index (χ1v) is 10.1. The molecule has 0 saturated heterocycles. The molecule has 2 rings (SSSR count). The number of aryl methyl sites for hydroxylation is 1. The van der Waals surface area contributed by atoms with Gasteiger partial charge >= 0.3 is 0 Å². The van der Waals surface area contributed by atoms with Crippen molar-refractivity contribution in [2.45, 2.75) is 53.6 Å². The molecule has 0 radical (unpaired) electrons. The normalized spacial score (nSPS) is 13.2. The Bertz CT molecular complexity index is 934. The third-order valence-corrected chi connectivity index (χ3v) is 5.05. The smallest absolute Gasteiger partial charge is 0.268 e. The molecule has 0 atom stereocenters. The van der Waals surface area contributed by atoms with E-state index in [2.05, 4.69) is 9.97 Å². The van der Waals surface area contributed by atoms with Crippen molar-refractivity contribution in [3.05, 3.63) is 69.8 Å². The number of hydrogen-bond acceptors (Lipinski definition) is 4. The van der Waals surface area contributed by atoms with Crippen LogP contribution in [0.25, 0.3) is 5.70 Å². The van der Waals surface area contributed by atoms with E-state index in [9.17, 15) is 8.78 Å². The molecule has 0 aliphatic carbocycles. The van der Waals surface area contributed by atoms with Crippen LogP contribution in [0.5, 0.6) is 5.88 Å². The maximum atomic E-state index is 13.6. The zero-order valence-corrected chi connectivity index (χ0v) is 19.0. The average Bonchev–Trinajstić information content (AvgIpc) is 2.68. The second kappa shape index (κ2) is 10.0. The minimum Gasteiger partial charge on any atom is -0.472 e. The van der Waals surface area contributed by atoms with E-state index in [0.717, 1.165) is 41.3 Å². The summed E-state index contributed by atoms with van der Waals surface area (Å²) >= 11 is 5.83. The number of halogens is 3. The predicted molar refractivity (Wildman–Crippen MR) is 118 cm³/mol. The van der Waals surface area contributed by atoms with Gasteiger partial charge in [-0.3, -0.25) is 0 Å². The lowest BCUT2D eigenvalue weighted by Gasteiger charge is -2.24. The molecule has 0 aliphatic heterocycles. The molecule has 0 bridgehead atoms. The van der Waals surface area contributed by atoms with Crippen molar-refractivity contribution >= 4 is 17.3 Å². The summed E-state index contributed by atoms with van der Waals surface area (Å²) in [4.78, 5) is 9.77. The number of nitrogens with zero attached hydrogens (tertiary/aromatic N) is 3. The molecule has 7 heteroatoms. The molecule has 2 aromatic rings. The van der Waals surface area contributed by atoms with Crippen molar-refractivity contribution < 1.29 is 13.5 Å². The Hall–Kier alpha value is -2.47. The summed E-state index contributed by atoms with van der Waals surface area (Å²) in [6.07, 6.45) is 3.92. The van der Waals surface area contributed by atoms with Gasteiger partial charge in [0.2, 0.25) is 11.2 Å². The molecule has 0 N–H and O–H groups in total. The maximum absolute atomic E-state index is 13.6. The predicted octanol–water partition coefficient (Wildman–Crippen LogP) is 6.65. The van der Waals surface area contributed by atoms with E-state index < -0.39 is 5.92 Å². The van der Waals surface area contributed by atoms with Gasteiger partial charge in [-0.25, -0.2) is 13.8 Å². The molecule has 1 heterocycles. The molecule has 162 valence electrons. The summed E-state index contributed by atoms with van der Waals surface area (Å²) in [7, 11) is 1.79. The van der Waals surface area contributed by atoms with Crippen molar-refractivity contribution in [1.29, 1.82) is 0 Å². The van der Waals surface area contributed by atoms with Crippen LogP contribution in [0.2, 0.25) is 5.28 Å². The van der Waals surface area contributed by atoms with E-state index in [-0.39, 0.29) is 10.9 Å². The number of hydrogen-bond donors (Lipinski definition) is 0.